The quantitative estimate of drug-likeness (QED) is 0.603. The molecule has 0 aliphatic heterocycles. The number of aromatic nitrogens is 1. The maximum atomic E-state index is 14.3. The fraction of sp³-hybridized carbons (Fsp3) is 0.500. The van der Waals surface area contributed by atoms with Gasteiger partial charge in [-0.05, 0) is 58.3 Å². The lowest BCUT2D eigenvalue weighted by Gasteiger charge is -2.34. The maximum Gasteiger partial charge on any atom is 0.149 e. The summed E-state index contributed by atoms with van der Waals surface area (Å²) < 4.78 is 14.3. The second-order valence-corrected chi connectivity index (χ2v) is 8.05. The summed E-state index contributed by atoms with van der Waals surface area (Å²) in [7, 11) is 6.10. The van der Waals surface area contributed by atoms with Crippen LogP contribution in [0.2, 0.25) is 0 Å². The average Bonchev–Trinajstić information content (AvgIpc) is 2.69. The molecule has 0 unspecified atom stereocenters. The van der Waals surface area contributed by atoms with Crippen molar-refractivity contribution in [1.82, 2.24) is 9.88 Å². The number of benzene rings is 1. The van der Waals surface area contributed by atoms with Crippen molar-refractivity contribution in [3.05, 3.63) is 47.4 Å². The van der Waals surface area contributed by atoms with Gasteiger partial charge in [-0.3, -0.25) is 5.21 Å². The molecule has 1 heterocycles. The minimum atomic E-state index is -0.441. The van der Waals surface area contributed by atoms with E-state index in [4.69, 9.17) is 0 Å². The number of hydrogen-bond acceptors (Lipinski definition) is 6. The van der Waals surface area contributed by atoms with Gasteiger partial charge >= 0.3 is 0 Å². The van der Waals surface area contributed by atoms with E-state index in [0.717, 1.165) is 47.8 Å². The molecule has 29 heavy (non-hydrogen) atoms. The van der Waals surface area contributed by atoms with E-state index in [1.165, 1.54) is 6.07 Å². The Kier molecular flexibility index (Phi) is 6.92. The Labute approximate surface area is 172 Å². The number of anilines is 3. The van der Waals surface area contributed by atoms with Crippen molar-refractivity contribution in [2.45, 2.75) is 51.2 Å². The second-order valence-electron chi connectivity index (χ2n) is 8.05. The Morgan fingerprint density at radius 3 is 2.55 bits per heavy atom. The van der Waals surface area contributed by atoms with E-state index < -0.39 is 5.82 Å². The standard InChI is InChI=1S/C22H32FN5O/c1-15-6-5-7-19(23)22(15)28(29)14-16-13-25-21(24-2)12-20(16)26-17-8-10-18(11-9-17)27(3)4/h5-7,12-13,17-18,29H,8-11,14H2,1-4H3,(H2,24,25,26). The molecule has 158 valence electrons. The van der Waals surface area contributed by atoms with Crippen LogP contribution in [0.3, 0.4) is 0 Å². The Balaban J connectivity index is 1.77. The van der Waals surface area contributed by atoms with Gasteiger partial charge in [0.1, 0.15) is 17.3 Å². The first-order valence-electron chi connectivity index (χ1n) is 10.2. The lowest BCUT2D eigenvalue weighted by Crippen LogP contribution is -2.36. The van der Waals surface area contributed by atoms with E-state index in [0.29, 0.717) is 17.6 Å². The molecule has 0 saturated heterocycles. The summed E-state index contributed by atoms with van der Waals surface area (Å²) in [5.41, 5.74) is 2.63. The highest BCUT2D eigenvalue weighted by Gasteiger charge is 2.23. The minimum absolute atomic E-state index is 0.147. The van der Waals surface area contributed by atoms with Crippen molar-refractivity contribution in [2.75, 3.05) is 36.8 Å². The van der Waals surface area contributed by atoms with Gasteiger partial charge in [0.25, 0.3) is 0 Å². The van der Waals surface area contributed by atoms with Crippen molar-refractivity contribution < 1.29 is 9.60 Å². The van der Waals surface area contributed by atoms with Crippen molar-refractivity contribution in [1.29, 1.82) is 0 Å². The summed E-state index contributed by atoms with van der Waals surface area (Å²) in [6.07, 6.45) is 6.23. The van der Waals surface area contributed by atoms with Crippen molar-refractivity contribution in [3.63, 3.8) is 0 Å². The van der Waals surface area contributed by atoms with Crippen LogP contribution in [0.5, 0.6) is 0 Å². The fourth-order valence-electron chi connectivity index (χ4n) is 4.03. The summed E-state index contributed by atoms with van der Waals surface area (Å²) in [4.78, 5) is 6.69. The molecule has 1 saturated carbocycles. The first-order valence-corrected chi connectivity index (χ1v) is 10.2. The number of halogens is 1. The molecule has 1 aliphatic carbocycles. The molecular formula is C22H32FN5O. The number of pyridine rings is 1. The summed E-state index contributed by atoms with van der Waals surface area (Å²) in [6, 6.07) is 7.74. The Morgan fingerprint density at radius 2 is 1.93 bits per heavy atom. The highest BCUT2D eigenvalue weighted by atomic mass is 19.1. The molecule has 3 rings (SSSR count). The van der Waals surface area contributed by atoms with Crippen LogP contribution >= 0.6 is 0 Å². The average molecular weight is 402 g/mol. The second kappa shape index (κ2) is 9.41. The van der Waals surface area contributed by atoms with E-state index in [-0.39, 0.29) is 12.2 Å². The summed E-state index contributed by atoms with van der Waals surface area (Å²) >= 11 is 0. The molecule has 1 fully saturated rings. The lowest BCUT2D eigenvalue weighted by atomic mass is 9.90. The smallest absolute Gasteiger partial charge is 0.149 e. The molecular weight excluding hydrogens is 369 g/mol. The number of hydroxylamine groups is 1. The minimum Gasteiger partial charge on any atom is -0.382 e. The van der Waals surface area contributed by atoms with E-state index in [9.17, 15) is 9.60 Å². The van der Waals surface area contributed by atoms with Crippen LogP contribution < -0.4 is 15.7 Å². The van der Waals surface area contributed by atoms with E-state index in [1.807, 2.05) is 13.1 Å². The molecule has 1 aliphatic rings. The van der Waals surface area contributed by atoms with Gasteiger partial charge in [-0.1, -0.05) is 12.1 Å². The Bertz CT molecular complexity index is 801. The largest absolute Gasteiger partial charge is 0.382 e. The molecule has 6 nitrogen and oxygen atoms in total. The third-order valence-corrected chi connectivity index (χ3v) is 5.80. The van der Waals surface area contributed by atoms with E-state index >= 15 is 0 Å². The summed E-state index contributed by atoms with van der Waals surface area (Å²) in [5.74, 6) is 0.314. The first kappa shape index (κ1) is 21.3. The number of hydrogen-bond donors (Lipinski definition) is 3. The molecule has 7 heteroatoms. The fourth-order valence-corrected chi connectivity index (χ4v) is 4.03. The van der Waals surface area contributed by atoms with Crippen LogP contribution in [0.1, 0.15) is 36.8 Å². The molecule has 0 amide bonds. The molecule has 0 bridgehead atoms. The highest BCUT2D eigenvalue weighted by Crippen LogP contribution is 2.29. The number of rotatable bonds is 7. The zero-order chi connectivity index (χ0) is 21.0. The SMILES string of the molecule is CNc1cc(NC2CCC(N(C)C)CC2)c(CN(O)c2c(C)cccc2F)cn1. The Morgan fingerprint density at radius 1 is 1.21 bits per heavy atom. The molecule has 0 spiro atoms. The number of nitrogens with zero attached hydrogens (tertiary/aromatic N) is 3. The molecule has 1 aromatic carbocycles. The monoisotopic (exact) mass is 401 g/mol. The molecule has 3 N–H and O–H groups in total. The van der Waals surface area contributed by atoms with Crippen LogP contribution in [-0.2, 0) is 6.54 Å². The van der Waals surface area contributed by atoms with Gasteiger partial charge in [0.05, 0.1) is 6.54 Å². The lowest BCUT2D eigenvalue weighted by molar-refractivity contribution is 0.221. The van der Waals surface area contributed by atoms with Gasteiger partial charge in [-0.15, -0.1) is 0 Å². The zero-order valence-corrected chi connectivity index (χ0v) is 17.7. The van der Waals surface area contributed by atoms with E-state index in [1.54, 1.807) is 25.3 Å². The van der Waals surface area contributed by atoms with Crippen LogP contribution in [0, 0.1) is 12.7 Å². The summed E-state index contributed by atoms with van der Waals surface area (Å²) in [6.45, 7) is 1.93. The zero-order valence-electron chi connectivity index (χ0n) is 17.7. The van der Waals surface area contributed by atoms with Gasteiger partial charge in [0.2, 0.25) is 0 Å². The number of para-hydroxylation sites is 1. The number of nitrogens with one attached hydrogen (secondary N) is 2. The molecule has 0 radical (unpaired) electrons. The van der Waals surface area contributed by atoms with Crippen molar-refractivity contribution in [3.8, 4) is 0 Å². The third kappa shape index (κ3) is 5.16. The van der Waals surface area contributed by atoms with Crippen LogP contribution in [-0.4, -0.2) is 48.3 Å². The predicted octanol–water partition coefficient (Wildman–Crippen LogP) is 4.25. The maximum absolute atomic E-state index is 14.3. The predicted molar refractivity (Wildman–Crippen MR) is 116 cm³/mol. The highest BCUT2D eigenvalue weighted by molar-refractivity contribution is 5.60. The van der Waals surface area contributed by atoms with Crippen molar-refractivity contribution >= 4 is 17.2 Å². The van der Waals surface area contributed by atoms with Crippen LogP contribution in [0.4, 0.5) is 21.6 Å². The topological polar surface area (TPSA) is 63.7 Å². The normalized spacial score (nSPS) is 19.3. The summed E-state index contributed by atoms with van der Waals surface area (Å²) in [5, 5.41) is 18.3. The van der Waals surface area contributed by atoms with Crippen LogP contribution in [0.25, 0.3) is 0 Å². The molecule has 0 atom stereocenters. The molecule has 1 aromatic heterocycles. The van der Waals surface area contributed by atoms with Gasteiger partial charge in [0.15, 0.2) is 0 Å². The van der Waals surface area contributed by atoms with Gasteiger partial charge in [0, 0.05) is 42.6 Å². The first-order chi connectivity index (χ1) is 13.9. The van der Waals surface area contributed by atoms with Crippen LogP contribution in [0.15, 0.2) is 30.5 Å². The van der Waals surface area contributed by atoms with Gasteiger partial charge < -0.3 is 15.5 Å². The third-order valence-electron chi connectivity index (χ3n) is 5.80. The molecule has 2 aromatic rings. The number of aryl methyl sites for hydroxylation is 1. The van der Waals surface area contributed by atoms with Gasteiger partial charge in [-0.2, -0.15) is 0 Å². The van der Waals surface area contributed by atoms with E-state index in [2.05, 4.69) is 34.6 Å². The Hall–Kier alpha value is -2.38. The van der Waals surface area contributed by atoms with Gasteiger partial charge in [-0.25, -0.2) is 14.4 Å². The van der Waals surface area contributed by atoms with Crippen molar-refractivity contribution in [2.24, 2.45) is 0 Å².